The van der Waals surface area contributed by atoms with E-state index in [9.17, 15) is 9.59 Å². The molecule has 0 fully saturated rings. The highest BCUT2D eigenvalue weighted by atomic mass is 16.6. The maximum Gasteiger partial charge on any atom is 0.424 e. The maximum absolute atomic E-state index is 12.8. The van der Waals surface area contributed by atoms with Crippen molar-refractivity contribution in [3.63, 3.8) is 0 Å². The van der Waals surface area contributed by atoms with E-state index in [0.29, 0.717) is 37.4 Å². The quantitative estimate of drug-likeness (QED) is 0.290. The van der Waals surface area contributed by atoms with E-state index >= 15 is 0 Å². The van der Waals surface area contributed by atoms with Crippen molar-refractivity contribution in [2.75, 3.05) is 19.8 Å². The Kier molecular flexibility index (Phi) is 11.9. The number of imide groups is 1. The molecule has 2 aromatic carbocycles. The summed E-state index contributed by atoms with van der Waals surface area (Å²) in [5.74, 6) is 0.661. The summed E-state index contributed by atoms with van der Waals surface area (Å²) < 4.78 is 20.3. The summed E-state index contributed by atoms with van der Waals surface area (Å²) in [6.45, 7) is 0.642. The van der Waals surface area contributed by atoms with E-state index in [1.165, 1.54) is 0 Å². The molecule has 2 amide bonds. The van der Waals surface area contributed by atoms with Gasteiger partial charge in [-0.25, -0.2) is 14.5 Å². The fraction of sp³-hybridized carbons (Fsp3) is 0.360. The molecule has 0 radical (unpaired) electrons. The lowest BCUT2D eigenvalue weighted by molar-refractivity contribution is 0.128. The molecular weight excluding hydrogens is 438 g/mol. The van der Waals surface area contributed by atoms with Crippen LogP contribution < -0.4 is 9.47 Å². The van der Waals surface area contributed by atoms with Gasteiger partial charge >= 0.3 is 12.2 Å². The van der Waals surface area contributed by atoms with E-state index in [4.69, 9.17) is 24.7 Å². The number of carbonyl (C=O) groups is 2. The molecule has 178 valence electrons. The highest BCUT2D eigenvalue weighted by Gasteiger charge is 2.26. The van der Waals surface area contributed by atoms with Crippen LogP contribution in [0.25, 0.3) is 0 Å². The summed E-state index contributed by atoms with van der Waals surface area (Å²) >= 11 is 0. The predicted octanol–water partition coefficient (Wildman–Crippen LogP) is 5.25. The van der Waals surface area contributed by atoms with Crippen molar-refractivity contribution >= 4 is 12.2 Å². The van der Waals surface area contributed by atoms with Gasteiger partial charge in [-0.2, -0.15) is 10.5 Å². The van der Waals surface area contributed by atoms with Crippen LogP contribution in [0.5, 0.6) is 11.5 Å². The third-order valence-electron chi connectivity index (χ3n) is 4.89. The first-order valence-electron chi connectivity index (χ1n) is 11.0. The minimum atomic E-state index is -0.842. The SMILES string of the molecule is N#COCCCCC(CCCN(C(=O)Oc1ccccc1)C(=O)Oc1ccccc1)COC#N. The molecule has 0 bridgehead atoms. The van der Waals surface area contributed by atoms with Crippen LogP contribution in [-0.2, 0) is 9.47 Å². The summed E-state index contributed by atoms with van der Waals surface area (Å²) in [6, 6.07) is 16.9. The maximum atomic E-state index is 12.8. The van der Waals surface area contributed by atoms with Gasteiger partial charge in [0.05, 0.1) is 0 Å². The Morgan fingerprint density at radius 3 is 1.82 bits per heavy atom. The van der Waals surface area contributed by atoms with Crippen LogP contribution in [-0.4, -0.2) is 36.8 Å². The Hall–Kier alpha value is -4.24. The van der Waals surface area contributed by atoms with Gasteiger partial charge in [0, 0.05) is 6.54 Å². The second kappa shape index (κ2) is 15.5. The van der Waals surface area contributed by atoms with Crippen molar-refractivity contribution in [1.29, 1.82) is 10.5 Å². The van der Waals surface area contributed by atoms with E-state index in [1.54, 1.807) is 73.2 Å². The number of benzene rings is 2. The first kappa shape index (κ1) is 26.0. The van der Waals surface area contributed by atoms with Gasteiger partial charge in [-0.3, -0.25) is 0 Å². The number of rotatable bonds is 13. The van der Waals surface area contributed by atoms with Crippen LogP contribution in [0.2, 0.25) is 0 Å². The number of para-hydroxylation sites is 2. The monoisotopic (exact) mass is 465 g/mol. The van der Waals surface area contributed by atoms with Crippen molar-refractivity contribution in [2.24, 2.45) is 5.92 Å². The average molecular weight is 466 g/mol. The van der Waals surface area contributed by atoms with E-state index in [2.05, 4.69) is 4.74 Å². The van der Waals surface area contributed by atoms with Crippen LogP contribution in [0.1, 0.15) is 32.1 Å². The van der Waals surface area contributed by atoms with Crippen LogP contribution in [0, 0.1) is 29.0 Å². The minimum absolute atomic E-state index is 0.0406. The second-order valence-corrected chi connectivity index (χ2v) is 7.36. The third-order valence-corrected chi connectivity index (χ3v) is 4.89. The molecule has 0 aliphatic carbocycles. The van der Waals surface area contributed by atoms with Crippen LogP contribution in [0.4, 0.5) is 9.59 Å². The van der Waals surface area contributed by atoms with Gasteiger partial charge in [-0.05, 0) is 62.3 Å². The van der Waals surface area contributed by atoms with Gasteiger partial charge < -0.3 is 18.9 Å². The molecule has 0 heterocycles. The number of nitrogens with zero attached hydrogens (tertiary/aromatic N) is 3. The number of nitriles is 2. The Labute approximate surface area is 199 Å². The van der Waals surface area contributed by atoms with Crippen molar-refractivity contribution in [2.45, 2.75) is 32.1 Å². The zero-order valence-electron chi connectivity index (χ0n) is 18.8. The summed E-state index contributed by atoms with van der Waals surface area (Å²) in [5, 5.41) is 17.2. The van der Waals surface area contributed by atoms with Gasteiger partial charge in [0.2, 0.25) is 0 Å². The lowest BCUT2D eigenvalue weighted by Gasteiger charge is -2.21. The third kappa shape index (κ3) is 9.92. The Bertz CT molecular complexity index is 903. The summed E-state index contributed by atoms with van der Waals surface area (Å²) in [6.07, 6.45) is 4.93. The molecule has 34 heavy (non-hydrogen) atoms. The Balaban J connectivity index is 1.98. The van der Waals surface area contributed by atoms with Gasteiger partial charge in [0.15, 0.2) is 0 Å². The first-order valence-corrected chi connectivity index (χ1v) is 11.0. The van der Waals surface area contributed by atoms with Crippen LogP contribution in [0.15, 0.2) is 60.7 Å². The number of ether oxygens (including phenoxy) is 4. The van der Waals surface area contributed by atoms with Crippen LogP contribution in [0.3, 0.4) is 0 Å². The molecule has 0 aromatic heterocycles. The van der Waals surface area contributed by atoms with Crippen molar-refractivity contribution in [1.82, 2.24) is 4.90 Å². The molecule has 9 nitrogen and oxygen atoms in total. The van der Waals surface area contributed by atoms with E-state index in [1.807, 2.05) is 0 Å². The Morgan fingerprint density at radius 1 is 0.765 bits per heavy atom. The Morgan fingerprint density at radius 2 is 1.29 bits per heavy atom. The average Bonchev–Trinajstić information content (AvgIpc) is 2.85. The molecule has 2 aromatic rings. The summed E-state index contributed by atoms with van der Waals surface area (Å²) in [5.41, 5.74) is 0. The molecule has 0 aliphatic heterocycles. The highest BCUT2D eigenvalue weighted by Crippen LogP contribution is 2.18. The number of hydrogen-bond donors (Lipinski definition) is 0. The summed E-state index contributed by atoms with van der Waals surface area (Å²) in [4.78, 5) is 26.4. The highest BCUT2D eigenvalue weighted by molar-refractivity contribution is 5.89. The van der Waals surface area contributed by atoms with Crippen molar-refractivity contribution in [3.8, 4) is 24.0 Å². The predicted molar refractivity (Wildman–Crippen MR) is 121 cm³/mol. The smallest absolute Gasteiger partial charge is 0.424 e. The van der Waals surface area contributed by atoms with E-state index < -0.39 is 12.2 Å². The zero-order chi connectivity index (χ0) is 24.4. The molecule has 0 N–H and O–H groups in total. The molecule has 0 aliphatic rings. The van der Waals surface area contributed by atoms with Crippen LogP contribution >= 0.6 is 0 Å². The fourth-order valence-corrected chi connectivity index (χ4v) is 3.20. The number of hydrogen-bond acceptors (Lipinski definition) is 8. The molecule has 9 heteroatoms. The van der Waals surface area contributed by atoms with E-state index in [-0.39, 0.29) is 19.1 Å². The number of unbranched alkanes of at least 4 members (excludes halogenated alkanes) is 1. The first-order chi connectivity index (χ1) is 16.6. The van der Waals surface area contributed by atoms with Gasteiger partial charge in [0.25, 0.3) is 12.5 Å². The molecule has 2 rings (SSSR count). The molecule has 0 saturated heterocycles. The van der Waals surface area contributed by atoms with Crippen molar-refractivity contribution < 1.29 is 28.5 Å². The summed E-state index contributed by atoms with van der Waals surface area (Å²) in [7, 11) is 0. The van der Waals surface area contributed by atoms with Gasteiger partial charge in [-0.1, -0.05) is 36.4 Å². The largest absolute Gasteiger partial charge is 0.428 e. The topological polar surface area (TPSA) is 122 Å². The number of carbonyl (C=O) groups excluding carboxylic acids is 2. The number of amides is 2. The lowest BCUT2D eigenvalue weighted by Crippen LogP contribution is -2.41. The standard InChI is InChI=1S/C25H27N3O6/c26-19-31-17-8-7-10-21(18-32-20-27)11-9-16-28(24(29)33-22-12-3-1-4-13-22)25(30)34-23-14-5-2-6-15-23/h1-6,12-15,21H,7-11,16-18H2. The fourth-order valence-electron chi connectivity index (χ4n) is 3.20. The van der Waals surface area contributed by atoms with Gasteiger partial charge in [0.1, 0.15) is 24.7 Å². The minimum Gasteiger partial charge on any atom is -0.428 e. The lowest BCUT2D eigenvalue weighted by atomic mass is 9.97. The molecular formula is C25H27N3O6. The molecule has 1 unspecified atom stereocenters. The second-order valence-electron chi connectivity index (χ2n) is 7.36. The van der Waals surface area contributed by atoms with Gasteiger partial charge in [-0.15, -0.1) is 0 Å². The molecule has 1 atom stereocenters. The van der Waals surface area contributed by atoms with Crippen molar-refractivity contribution in [3.05, 3.63) is 60.7 Å². The molecule has 0 spiro atoms. The zero-order valence-corrected chi connectivity index (χ0v) is 18.8. The normalized spacial score (nSPS) is 10.8. The molecule has 0 saturated carbocycles. The van der Waals surface area contributed by atoms with E-state index in [0.717, 1.165) is 17.7 Å².